The van der Waals surface area contributed by atoms with Crippen molar-refractivity contribution in [3.8, 4) is 11.1 Å². The van der Waals surface area contributed by atoms with E-state index in [2.05, 4.69) is 5.32 Å². The quantitative estimate of drug-likeness (QED) is 0.873. The highest BCUT2D eigenvalue weighted by atomic mass is 35.5. The van der Waals surface area contributed by atoms with Gasteiger partial charge in [0.2, 0.25) is 0 Å². The van der Waals surface area contributed by atoms with Gasteiger partial charge in [-0.3, -0.25) is 0 Å². The van der Waals surface area contributed by atoms with Crippen LogP contribution in [0.1, 0.15) is 5.56 Å². The van der Waals surface area contributed by atoms with E-state index in [9.17, 15) is 4.39 Å². The van der Waals surface area contributed by atoms with Crippen molar-refractivity contribution in [3.63, 3.8) is 0 Å². The van der Waals surface area contributed by atoms with Gasteiger partial charge in [0.1, 0.15) is 5.82 Å². The summed E-state index contributed by atoms with van der Waals surface area (Å²) >= 11 is 11.8. The van der Waals surface area contributed by atoms with E-state index in [0.29, 0.717) is 22.2 Å². The number of rotatable bonds is 3. The maximum Gasteiger partial charge on any atom is 0.131 e. The Kier molecular flexibility index (Phi) is 4.23. The molecule has 0 saturated heterocycles. The highest BCUT2D eigenvalue weighted by Crippen LogP contribution is 2.30. The van der Waals surface area contributed by atoms with Crippen LogP contribution >= 0.6 is 23.2 Å². The molecule has 0 aliphatic heterocycles. The number of nitrogens with one attached hydrogen (secondary N) is 1. The summed E-state index contributed by atoms with van der Waals surface area (Å²) in [6.45, 7) is 0.637. The summed E-state index contributed by atoms with van der Waals surface area (Å²) in [4.78, 5) is 0. The maximum atomic E-state index is 14.0. The van der Waals surface area contributed by atoms with E-state index in [0.717, 1.165) is 11.1 Å². The lowest BCUT2D eigenvalue weighted by atomic mass is 10.0. The van der Waals surface area contributed by atoms with Gasteiger partial charge in [-0.15, -0.1) is 0 Å². The maximum absolute atomic E-state index is 14.0. The van der Waals surface area contributed by atoms with Crippen LogP contribution in [0.4, 0.5) is 4.39 Å². The molecular weight excluding hydrogens is 272 g/mol. The predicted octanol–water partition coefficient (Wildman–Crippen LogP) is 4.52. The second-order valence-electron chi connectivity index (χ2n) is 3.97. The molecule has 0 aromatic heterocycles. The number of hydrogen-bond acceptors (Lipinski definition) is 1. The molecule has 0 spiro atoms. The summed E-state index contributed by atoms with van der Waals surface area (Å²) < 4.78 is 14.0. The first-order valence-corrected chi connectivity index (χ1v) is 6.26. The first kappa shape index (κ1) is 13.3. The topological polar surface area (TPSA) is 12.0 Å². The summed E-state index contributed by atoms with van der Waals surface area (Å²) in [7, 11) is 1.82. The third-order valence-corrected chi connectivity index (χ3v) is 3.38. The fourth-order valence-corrected chi connectivity index (χ4v) is 2.07. The first-order valence-electron chi connectivity index (χ1n) is 5.50. The van der Waals surface area contributed by atoms with Gasteiger partial charge in [0.05, 0.1) is 10.0 Å². The lowest BCUT2D eigenvalue weighted by molar-refractivity contribution is 0.627. The van der Waals surface area contributed by atoms with Crippen molar-refractivity contribution in [2.45, 2.75) is 6.54 Å². The number of hydrogen-bond donors (Lipinski definition) is 1. The molecule has 2 rings (SSSR count). The number of benzene rings is 2. The summed E-state index contributed by atoms with van der Waals surface area (Å²) in [6, 6.07) is 10.2. The minimum atomic E-state index is -0.263. The van der Waals surface area contributed by atoms with Gasteiger partial charge < -0.3 is 5.32 Å². The first-order chi connectivity index (χ1) is 8.61. The molecule has 0 unspecified atom stereocenters. The van der Waals surface area contributed by atoms with Crippen molar-refractivity contribution in [2.75, 3.05) is 7.05 Å². The minimum Gasteiger partial charge on any atom is -0.316 e. The minimum absolute atomic E-state index is 0.263. The van der Waals surface area contributed by atoms with Crippen LogP contribution in [0.5, 0.6) is 0 Å². The van der Waals surface area contributed by atoms with Gasteiger partial charge in [-0.05, 0) is 36.4 Å². The third kappa shape index (κ3) is 2.83. The molecule has 18 heavy (non-hydrogen) atoms. The molecule has 1 nitrogen and oxygen atoms in total. The Labute approximate surface area is 116 Å². The monoisotopic (exact) mass is 283 g/mol. The van der Waals surface area contributed by atoms with Crippen LogP contribution in [0, 0.1) is 5.82 Å². The molecular formula is C14H12Cl2FN. The largest absolute Gasteiger partial charge is 0.316 e. The molecule has 0 heterocycles. The Morgan fingerprint density at radius 2 is 1.83 bits per heavy atom. The summed E-state index contributed by atoms with van der Waals surface area (Å²) in [5.41, 5.74) is 2.14. The van der Waals surface area contributed by atoms with Crippen molar-refractivity contribution in [1.82, 2.24) is 5.32 Å². The van der Waals surface area contributed by atoms with E-state index in [1.807, 2.05) is 13.1 Å². The van der Waals surface area contributed by atoms with Crippen LogP contribution in [0.3, 0.4) is 0 Å². The fourth-order valence-electron chi connectivity index (χ4n) is 1.77. The molecule has 2 aromatic rings. The Morgan fingerprint density at radius 1 is 1.06 bits per heavy atom. The summed E-state index contributed by atoms with van der Waals surface area (Å²) in [6.07, 6.45) is 0. The zero-order valence-electron chi connectivity index (χ0n) is 9.81. The van der Waals surface area contributed by atoms with Crippen LogP contribution in [0.25, 0.3) is 11.1 Å². The third-order valence-electron chi connectivity index (χ3n) is 2.65. The molecule has 1 N–H and O–H groups in total. The average molecular weight is 284 g/mol. The molecule has 0 fully saturated rings. The predicted molar refractivity (Wildman–Crippen MR) is 74.6 cm³/mol. The molecule has 0 radical (unpaired) electrons. The molecule has 2 aromatic carbocycles. The molecule has 0 bridgehead atoms. The Balaban J connectivity index is 2.41. The summed E-state index contributed by atoms with van der Waals surface area (Å²) in [5, 5.41) is 3.87. The second kappa shape index (κ2) is 5.70. The van der Waals surface area contributed by atoms with Crippen molar-refractivity contribution < 1.29 is 4.39 Å². The molecule has 0 saturated carbocycles. The zero-order valence-corrected chi connectivity index (χ0v) is 11.3. The van der Waals surface area contributed by atoms with Gasteiger partial charge in [-0.2, -0.15) is 0 Å². The van der Waals surface area contributed by atoms with Gasteiger partial charge in [0, 0.05) is 12.1 Å². The Morgan fingerprint density at radius 3 is 2.44 bits per heavy atom. The Bertz CT molecular complexity index is 570. The van der Waals surface area contributed by atoms with Crippen LogP contribution in [0.15, 0.2) is 36.4 Å². The molecule has 0 aliphatic rings. The van der Waals surface area contributed by atoms with Crippen molar-refractivity contribution in [3.05, 3.63) is 57.8 Å². The van der Waals surface area contributed by atoms with E-state index in [1.165, 1.54) is 6.07 Å². The lowest BCUT2D eigenvalue weighted by Crippen LogP contribution is -2.05. The van der Waals surface area contributed by atoms with Crippen LogP contribution in [-0.2, 0) is 6.54 Å². The van der Waals surface area contributed by atoms with Gasteiger partial charge in [-0.1, -0.05) is 41.4 Å². The van der Waals surface area contributed by atoms with E-state index in [-0.39, 0.29) is 5.82 Å². The van der Waals surface area contributed by atoms with Crippen molar-refractivity contribution >= 4 is 23.2 Å². The highest BCUT2D eigenvalue weighted by molar-refractivity contribution is 6.42. The smallest absolute Gasteiger partial charge is 0.131 e. The Hall–Kier alpha value is -1.09. The normalized spacial score (nSPS) is 10.7. The van der Waals surface area contributed by atoms with Gasteiger partial charge in [-0.25, -0.2) is 4.39 Å². The van der Waals surface area contributed by atoms with E-state index in [1.54, 1.807) is 24.3 Å². The molecule has 0 aliphatic carbocycles. The SMILES string of the molecule is CNCc1ccc(-c2ccc(Cl)c(Cl)c2)c(F)c1. The van der Waals surface area contributed by atoms with Gasteiger partial charge in [0.15, 0.2) is 0 Å². The highest BCUT2D eigenvalue weighted by Gasteiger charge is 2.08. The summed E-state index contributed by atoms with van der Waals surface area (Å²) in [5.74, 6) is -0.263. The van der Waals surface area contributed by atoms with Crippen LogP contribution in [-0.4, -0.2) is 7.05 Å². The van der Waals surface area contributed by atoms with Gasteiger partial charge >= 0.3 is 0 Å². The number of halogens is 3. The average Bonchev–Trinajstić information content (AvgIpc) is 2.34. The van der Waals surface area contributed by atoms with E-state index >= 15 is 0 Å². The van der Waals surface area contributed by atoms with Gasteiger partial charge in [0.25, 0.3) is 0 Å². The van der Waals surface area contributed by atoms with Crippen LogP contribution in [0.2, 0.25) is 10.0 Å². The standard InChI is InChI=1S/C14H12Cl2FN/c1-18-8-9-2-4-11(14(17)6-9)10-3-5-12(15)13(16)7-10/h2-7,18H,8H2,1H3. The van der Waals surface area contributed by atoms with Crippen molar-refractivity contribution in [1.29, 1.82) is 0 Å². The van der Waals surface area contributed by atoms with E-state index in [4.69, 9.17) is 23.2 Å². The van der Waals surface area contributed by atoms with Crippen molar-refractivity contribution in [2.24, 2.45) is 0 Å². The van der Waals surface area contributed by atoms with Crippen LogP contribution < -0.4 is 5.32 Å². The lowest BCUT2D eigenvalue weighted by Gasteiger charge is -2.07. The molecule has 0 atom stereocenters. The molecule has 0 amide bonds. The second-order valence-corrected chi connectivity index (χ2v) is 4.79. The fraction of sp³-hybridized carbons (Fsp3) is 0.143. The van der Waals surface area contributed by atoms with E-state index < -0.39 is 0 Å². The molecule has 4 heteroatoms. The zero-order chi connectivity index (χ0) is 13.1. The molecule has 94 valence electrons.